The molecule has 0 radical (unpaired) electrons. The maximum absolute atomic E-state index is 13.2. The van der Waals surface area contributed by atoms with E-state index in [0.717, 1.165) is 23.0 Å². The van der Waals surface area contributed by atoms with Crippen molar-refractivity contribution >= 4 is 59.1 Å². The number of rotatable bonds is 6. The Morgan fingerprint density at radius 2 is 1.70 bits per heavy atom. The van der Waals surface area contributed by atoms with Crippen LogP contribution in [0.5, 0.6) is 0 Å². The Morgan fingerprint density at radius 1 is 0.975 bits per heavy atom. The number of anilines is 2. The Labute approximate surface area is 230 Å². The van der Waals surface area contributed by atoms with Crippen LogP contribution in [0.2, 0.25) is 0 Å². The Morgan fingerprint density at radius 3 is 2.40 bits per heavy atom. The zero-order valence-electron chi connectivity index (χ0n) is 22.1. The molecule has 3 N–H and O–H groups in total. The molecule has 206 valence electrons. The lowest BCUT2D eigenvalue weighted by molar-refractivity contribution is -0.122. The average molecular weight is 579 g/mol. The lowest BCUT2D eigenvalue weighted by Crippen LogP contribution is -2.35. The quantitative estimate of drug-likeness (QED) is 0.275. The summed E-state index contributed by atoms with van der Waals surface area (Å²) in [6.07, 6.45) is 0.964. The summed E-state index contributed by atoms with van der Waals surface area (Å²) in [5, 5.41) is 7.96. The van der Waals surface area contributed by atoms with Crippen LogP contribution in [0.25, 0.3) is 33.5 Å². The van der Waals surface area contributed by atoms with Gasteiger partial charge in [0, 0.05) is 23.9 Å². The first-order chi connectivity index (χ1) is 18.8. The van der Waals surface area contributed by atoms with Crippen molar-refractivity contribution in [2.45, 2.75) is 36.0 Å². The zero-order chi connectivity index (χ0) is 28.6. The number of H-pyrrole nitrogens is 2. The molecule has 0 saturated carbocycles. The van der Waals surface area contributed by atoms with Crippen LogP contribution in [0.15, 0.2) is 64.4 Å². The number of hydrogen-bond acceptors (Lipinski definition) is 7. The first-order valence-electron chi connectivity index (χ1n) is 12.5. The van der Waals surface area contributed by atoms with E-state index in [1.807, 2.05) is 32.9 Å². The van der Waals surface area contributed by atoms with Crippen molar-refractivity contribution in [3.8, 4) is 11.5 Å². The number of imidazole rings is 1. The Balaban J connectivity index is 1.41. The summed E-state index contributed by atoms with van der Waals surface area (Å²) < 4.78 is 53.2. The first kappa shape index (κ1) is 26.0. The van der Waals surface area contributed by atoms with Crippen molar-refractivity contribution in [2.24, 2.45) is 0 Å². The molecular weight excluding hydrogens is 552 g/mol. The number of benzene rings is 3. The van der Waals surface area contributed by atoms with Gasteiger partial charge in [0.2, 0.25) is 5.91 Å². The van der Waals surface area contributed by atoms with Gasteiger partial charge in [0.15, 0.2) is 15.7 Å². The Bertz CT molecular complexity index is 2080. The molecular formula is C27H26N6O5S2. The topological polar surface area (TPSA) is 158 Å². The van der Waals surface area contributed by atoms with Crippen molar-refractivity contribution in [3.63, 3.8) is 0 Å². The van der Waals surface area contributed by atoms with Gasteiger partial charge in [0.25, 0.3) is 10.0 Å². The van der Waals surface area contributed by atoms with E-state index in [-0.39, 0.29) is 21.4 Å². The van der Waals surface area contributed by atoms with Crippen LogP contribution in [-0.4, -0.2) is 55.7 Å². The number of amides is 1. The molecule has 0 atom stereocenters. The van der Waals surface area contributed by atoms with Gasteiger partial charge in [-0.3, -0.25) is 14.6 Å². The molecule has 1 amide bonds. The lowest BCUT2D eigenvalue weighted by Gasteiger charge is -2.18. The minimum Gasteiger partial charge on any atom is -0.337 e. The van der Waals surface area contributed by atoms with Crippen LogP contribution >= 0.6 is 0 Å². The average Bonchev–Trinajstić information content (AvgIpc) is 3.55. The minimum atomic E-state index is -4.22. The van der Waals surface area contributed by atoms with E-state index in [4.69, 9.17) is 4.98 Å². The van der Waals surface area contributed by atoms with Crippen molar-refractivity contribution in [3.05, 3.63) is 60.2 Å². The van der Waals surface area contributed by atoms with Gasteiger partial charge in [-0.1, -0.05) is 12.1 Å². The van der Waals surface area contributed by atoms with Crippen molar-refractivity contribution in [1.82, 2.24) is 20.2 Å². The summed E-state index contributed by atoms with van der Waals surface area (Å²) in [4.78, 5) is 22.1. The third-order valence-corrected chi connectivity index (χ3v) is 9.96. The second-order valence-corrected chi connectivity index (χ2v) is 13.9. The normalized spacial score (nSPS) is 15.2. The van der Waals surface area contributed by atoms with Crippen molar-refractivity contribution in [1.29, 1.82) is 0 Å². The highest BCUT2D eigenvalue weighted by Gasteiger charge is 2.43. The standard InChI is InChI=1S/C27H26N6O5S2/c1-5-33-21-14-20-19(13-17(21)27(2,3)26(33)34)28-25(29-20)24-16-12-15(10-11-18(16)30-31-24)32-40(37,38)23-9-7-6-8-22(23)39(4,35)36/h6-14,32H,5H2,1-4H3,(H,28,29)(H,30,31). The number of hydrogen-bond donors (Lipinski definition) is 3. The molecule has 0 fully saturated rings. The van der Waals surface area contributed by atoms with Crippen molar-refractivity contribution < 1.29 is 21.6 Å². The highest BCUT2D eigenvalue weighted by molar-refractivity contribution is 7.95. The molecule has 0 aliphatic carbocycles. The van der Waals surface area contributed by atoms with E-state index in [1.165, 1.54) is 24.3 Å². The second kappa shape index (κ2) is 8.63. The predicted octanol–water partition coefficient (Wildman–Crippen LogP) is 3.95. The SMILES string of the molecule is CCN1C(=O)C(C)(C)c2cc3[nH]c(-c4n[nH]c5ccc(NS(=O)(=O)c6ccccc6S(C)(=O)=O)cc45)nc3cc21. The summed E-state index contributed by atoms with van der Waals surface area (Å²) in [5.74, 6) is 0.518. The van der Waals surface area contributed by atoms with Crippen LogP contribution in [0, 0.1) is 0 Å². The minimum absolute atomic E-state index is 0.0466. The Hall–Kier alpha value is -4.23. The molecule has 2 aromatic heterocycles. The summed E-state index contributed by atoms with van der Waals surface area (Å²) in [5.41, 5.74) is 3.87. The monoisotopic (exact) mass is 578 g/mol. The van der Waals surface area contributed by atoms with Gasteiger partial charge >= 0.3 is 0 Å². The molecule has 0 spiro atoms. The largest absolute Gasteiger partial charge is 0.337 e. The number of fused-ring (bicyclic) bond motifs is 3. The maximum atomic E-state index is 13.2. The van der Waals surface area contributed by atoms with Gasteiger partial charge in [-0.25, -0.2) is 21.8 Å². The van der Waals surface area contributed by atoms with E-state index >= 15 is 0 Å². The molecule has 6 rings (SSSR count). The third kappa shape index (κ3) is 3.95. The second-order valence-electron chi connectivity index (χ2n) is 10.3. The van der Waals surface area contributed by atoms with E-state index in [2.05, 4.69) is 19.9 Å². The number of sulfonamides is 1. The van der Waals surface area contributed by atoms with Crippen molar-refractivity contribution in [2.75, 3.05) is 22.4 Å². The van der Waals surface area contributed by atoms with Gasteiger partial charge in [0.1, 0.15) is 10.6 Å². The summed E-state index contributed by atoms with van der Waals surface area (Å²) in [6, 6.07) is 14.1. The van der Waals surface area contributed by atoms with E-state index in [0.29, 0.717) is 34.5 Å². The number of sulfone groups is 1. The van der Waals surface area contributed by atoms with Crippen LogP contribution in [0.3, 0.4) is 0 Å². The number of aromatic nitrogens is 4. The van der Waals surface area contributed by atoms with Crippen LogP contribution in [0.4, 0.5) is 11.4 Å². The molecule has 11 nitrogen and oxygen atoms in total. The summed E-state index contributed by atoms with van der Waals surface area (Å²) >= 11 is 0. The Kier molecular flexibility index (Phi) is 5.62. The van der Waals surface area contributed by atoms with E-state index in [1.54, 1.807) is 23.1 Å². The zero-order valence-corrected chi connectivity index (χ0v) is 23.7. The van der Waals surface area contributed by atoms with Gasteiger partial charge in [-0.2, -0.15) is 5.10 Å². The molecule has 0 saturated heterocycles. The molecule has 0 bridgehead atoms. The van der Waals surface area contributed by atoms with E-state index in [9.17, 15) is 21.6 Å². The van der Waals surface area contributed by atoms with Crippen LogP contribution in [-0.2, 0) is 30.1 Å². The number of nitrogens with one attached hydrogen (secondary N) is 3. The number of carbonyl (C=O) groups excluding carboxylic acids is 1. The highest BCUT2D eigenvalue weighted by Crippen LogP contribution is 2.43. The molecule has 3 heterocycles. The molecule has 5 aromatic rings. The molecule has 1 aliphatic heterocycles. The highest BCUT2D eigenvalue weighted by atomic mass is 32.2. The molecule has 40 heavy (non-hydrogen) atoms. The predicted molar refractivity (Wildman–Crippen MR) is 153 cm³/mol. The molecule has 0 unspecified atom stereocenters. The van der Waals surface area contributed by atoms with Crippen LogP contribution in [0.1, 0.15) is 26.3 Å². The third-order valence-electron chi connectivity index (χ3n) is 7.24. The number of likely N-dealkylation sites (N-methyl/N-ethyl adjacent to an activating group) is 1. The number of carbonyl (C=O) groups is 1. The summed E-state index contributed by atoms with van der Waals surface area (Å²) in [7, 11) is -8.00. The molecule has 3 aromatic carbocycles. The van der Waals surface area contributed by atoms with Gasteiger partial charge < -0.3 is 9.88 Å². The van der Waals surface area contributed by atoms with Gasteiger partial charge in [-0.15, -0.1) is 0 Å². The maximum Gasteiger partial charge on any atom is 0.263 e. The molecule has 1 aliphatic rings. The number of nitrogens with zero attached hydrogens (tertiary/aromatic N) is 3. The smallest absolute Gasteiger partial charge is 0.263 e. The molecule has 13 heteroatoms. The van der Waals surface area contributed by atoms with Crippen LogP contribution < -0.4 is 9.62 Å². The fourth-order valence-corrected chi connectivity index (χ4v) is 7.88. The summed E-state index contributed by atoms with van der Waals surface area (Å²) in [6.45, 7) is 6.30. The van der Waals surface area contributed by atoms with Gasteiger partial charge in [0.05, 0.1) is 32.5 Å². The fraction of sp³-hybridized carbons (Fsp3) is 0.222. The fourth-order valence-electron chi connectivity index (χ4n) is 5.20. The number of aromatic amines is 2. The lowest BCUT2D eigenvalue weighted by atomic mass is 9.86. The van der Waals surface area contributed by atoms with E-state index < -0.39 is 25.3 Å². The van der Waals surface area contributed by atoms with Gasteiger partial charge in [-0.05, 0) is 68.8 Å². The first-order valence-corrected chi connectivity index (χ1v) is 15.9.